The van der Waals surface area contributed by atoms with Gasteiger partial charge in [-0.25, -0.2) is 15.0 Å². The number of anilines is 2. The topological polar surface area (TPSA) is 96.4 Å². The summed E-state index contributed by atoms with van der Waals surface area (Å²) >= 11 is 0. The zero-order valence-corrected chi connectivity index (χ0v) is 15.1. The van der Waals surface area contributed by atoms with Crippen LogP contribution >= 0.6 is 0 Å². The first-order chi connectivity index (χ1) is 12.7. The summed E-state index contributed by atoms with van der Waals surface area (Å²) in [4.78, 5) is 33.1. The van der Waals surface area contributed by atoms with E-state index in [9.17, 15) is 4.79 Å². The number of nitrogens with zero attached hydrogens (tertiary/aromatic N) is 6. The molecule has 0 aromatic carbocycles. The third-order valence-electron chi connectivity index (χ3n) is 3.98. The molecule has 0 unspecified atom stereocenters. The minimum atomic E-state index is -0.0735. The van der Waals surface area contributed by atoms with E-state index in [0.29, 0.717) is 32.1 Å². The van der Waals surface area contributed by atoms with Crippen molar-refractivity contribution in [3.63, 3.8) is 0 Å². The molecule has 0 spiro atoms. The van der Waals surface area contributed by atoms with Gasteiger partial charge in [0.1, 0.15) is 5.82 Å². The van der Waals surface area contributed by atoms with Crippen LogP contribution < -0.4 is 15.0 Å². The molecular formula is C17H23N7O2. The molecule has 9 heteroatoms. The SMILES string of the molecule is CCNc1cc(C)nc(N2CCN(C(=O)COc3ncccn3)CC2)n1. The lowest BCUT2D eigenvalue weighted by molar-refractivity contribution is -0.133. The Labute approximate surface area is 152 Å². The molecule has 1 N–H and O–H groups in total. The predicted molar refractivity (Wildman–Crippen MR) is 97.3 cm³/mol. The number of ether oxygens (including phenoxy) is 1. The average Bonchev–Trinajstić information content (AvgIpc) is 2.67. The van der Waals surface area contributed by atoms with Crippen LogP contribution in [0.4, 0.5) is 11.8 Å². The van der Waals surface area contributed by atoms with Crippen LogP contribution in [0.1, 0.15) is 12.6 Å². The molecule has 1 aliphatic heterocycles. The molecular weight excluding hydrogens is 334 g/mol. The lowest BCUT2D eigenvalue weighted by atomic mass is 10.3. The van der Waals surface area contributed by atoms with Gasteiger partial charge in [0, 0.05) is 56.9 Å². The fourth-order valence-corrected chi connectivity index (χ4v) is 2.70. The molecule has 0 aliphatic carbocycles. The van der Waals surface area contributed by atoms with E-state index < -0.39 is 0 Å². The van der Waals surface area contributed by atoms with Crippen molar-refractivity contribution in [2.24, 2.45) is 0 Å². The van der Waals surface area contributed by atoms with Crippen molar-refractivity contribution in [3.05, 3.63) is 30.2 Å². The van der Waals surface area contributed by atoms with E-state index in [-0.39, 0.29) is 18.5 Å². The Bertz CT molecular complexity index is 733. The van der Waals surface area contributed by atoms with Crippen molar-refractivity contribution in [1.82, 2.24) is 24.8 Å². The Morgan fingerprint density at radius 1 is 1.19 bits per heavy atom. The number of carbonyl (C=O) groups is 1. The van der Waals surface area contributed by atoms with Crippen LogP contribution in [0.2, 0.25) is 0 Å². The van der Waals surface area contributed by atoms with Gasteiger partial charge in [-0.05, 0) is 19.9 Å². The Morgan fingerprint density at radius 2 is 1.92 bits per heavy atom. The molecule has 26 heavy (non-hydrogen) atoms. The number of hydrogen-bond donors (Lipinski definition) is 1. The maximum absolute atomic E-state index is 12.3. The summed E-state index contributed by atoms with van der Waals surface area (Å²) in [5.41, 5.74) is 0.917. The Balaban J connectivity index is 1.53. The number of aryl methyl sites for hydroxylation is 1. The van der Waals surface area contributed by atoms with Crippen molar-refractivity contribution < 1.29 is 9.53 Å². The molecule has 1 fully saturated rings. The number of piperazine rings is 1. The molecule has 2 aromatic heterocycles. The molecule has 2 aromatic rings. The average molecular weight is 357 g/mol. The quantitative estimate of drug-likeness (QED) is 0.808. The van der Waals surface area contributed by atoms with Gasteiger partial charge < -0.3 is 19.9 Å². The van der Waals surface area contributed by atoms with E-state index in [0.717, 1.165) is 18.1 Å². The monoisotopic (exact) mass is 357 g/mol. The van der Waals surface area contributed by atoms with Crippen molar-refractivity contribution in [2.75, 3.05) is 49.5 Å². The van der Waals surface area contributed by atoms with Crippen LogP contribution in [-0.2, 0) is 4.79 Å². The maximum atomic E-state index is 12.3. The van der Waals surface area contributed by atoms with Crippen molar-refractivity contribution in [1.29, 1.82) is 0 Å². The largest absolute Gasteiger partial charge is 0.453 e. The van der Waals surface area contributed by atoms with Gasteiger partial charge in [0.2, 0.25) is 5.95 Å². The summed E-state index contributed by atoms with van der Waals surface area (Å²) in [5, 5.41) is 3.22. The van der Waals surface area contributed by atoms with Crippen molar-refractivity contribution in [2.45, 2.75) is 13.8 Å². The van der Waals surface area contributed by atoms with E-state index in [4.69, 9.17) is 4.74 Å². The van der Waals surface area contributed by atoms with Gasteiger partial charge in [-0.2, -0.15) is 4.98 Å². The second-order valence-electron chi connectivity index (χ2n) is 5.91. The van der Waals surface area contributed by atoms with E-state index in [1.165, 1.54) is 0 Å². The minimum absolute atomic E-state index is 0.0600. The molecule has 1 saturated heterocycles. The smallest absolute Gasteiger partial charge is 0.316 e. The number of hydrogen-bond acceptors (Lipinski definition) is 8. The summed E-state index contributed by atoms with van der Waals surface area (Å²) in [6, 6.07) is 3.84. The highest BCUT2D eigenvalue weighted by Gasteiger charge is 2.23. The molecule has 9 nitrogen and oxygen atoms in total. The van der Waals surface area contributed by atoms with Crippen LogP contribution in [0, 0.1) is 6.92 Å². The Kier molecular flexibility index (Phi) is 5.77. The maximum Gasteiger partial charge on any atom is 0.316 e. The van der Waals surface area contributed by atoms with E-state index in [1.54, 1.807) is 23.4 Å². The molecule has 1 amide bonds. The van der Waals surface area contributed by atoms with Gasteiger partial charge in [-0.15, -0.1) is 0 Å². The first-order valence-corrected chi connectivity index (χ1v) is 8.68. The van der Waals surface area contributed by atoms with Crippen LogP contribution in [-0.4, -0.2) is 70.1 Å². The lowest BCUT2D eigenvalue weighted by Crippen LogP contribution is -2.50. The van der Waals surface area contributed by atoms with E-state index in [2.05, 4.69) is 30.2 Å². The summed E-state index contributed by atoms with van der Waals surface area (Å²) in [7, 11) is 0. The van der Waals surface area contributed by atoms with Gasteiger partial charge in [0.25, 0.3) is 5.91 Å². The molecule has 1 aliphatic rings. The van der Waals surface area contributed by atoms with Gasteiger partial charge in [0.05, 0.1) is 0 Å². The highest BCUT2D eigenvalue weighted by atomic mass is 16.5. The molecule has 3 rings (SSSR count). The molecule has 138 valence electrons. The highest BCUT2D eigenvalue weighted by molar-refractivity contribution is 5.78. The third-order valence-corrected chi connectivity index (χ3v) is 3.98. The second kappa shape index (κ2) is 8.41. The normalized spacial score (nSPS) is 14.2. The summed E-state index contributed by atoms with van der Waals surface area (Å²) in [6.07, 6.45) is 3.16. The summed E-state index contributed by atoms with van der Waals surface area (Å²) < 4.78 is 5.33. The predicted octanol–water partition coefficient (Wildman–Crippen LogP) is 0.734. The Morgan fingerprint density at radius 3 is 2.62 bits per heavy atom. The minimum Gasteiger partial charge on any atom is -0.453 e. The lowest BCUT2D eigenvalue weighted by Gasteiger charge is -2.34. The third kappa shape index (κ3) is 4.56. The molecule has 0 radical (unpaired) electrons. The van der Waals surface area contributed by atoms with Crippen molar-refractivity contribution in [3.8, 4) is 6.01 Å². The number of carbonyl (C=O) groups excluding carboxylic acids is 1. The fourth-order valence-electron chi connectivity index (χ4n) is 2.70. The van der Waals surface area contributed by atoms with Crippen LogP contribution in [0.25, 0.3) is 0 Å². The van der Waals surface area contributed by atoms with Gasteiger partial charge in [0.15, 0.2) is 6.61 Å². The van der Waals surface area contributed by atoms with E-state index >= 15 is 0 Å². The number of amides is 1. The van der Waals surface area contributed by atoms with Gasteiger partial charge in [-0.1, -0.05) is 0 Å². The molecule has 3 heterocycles. The number of aromatic nitrogens is 4. The van der Waals surface area contributed by atoms with E-state index in [1.807, 2.05) is 19.9 Å². The second-order valence-corrected chi connectivity index (χ2v) is 5.91. The van der Waals surface area contributed by atoms with Crippen LogP contribution in [0.15, 0.2) is 24.5 Å². The zero-order chi connectivity index (χ0) is 18.4. The molecule has 0 saturated carbocycles. The first-order valence-electron chi connectivity index (χ1n) is 8.68. The summed E-state index contributed by atoms with van der Waals surface area (Å²) in [6.45, 7) is 7.31. The molecule has 0 bridgehead atoms. The number of rotatable bonds is 6. The van der Waals surface area contributed by atoms with Gasteiger partial charge in [-0.3, -0.25) is 4.79 Å². The fraction of sp³-hybridized carbons (Fsp3) is 0.471. The summed E-state index contributed by atoms with van der Waals surface area (Å²) in [5.74, 6) is 1.45. The Hall–Kier alpha value is -2.97. The number of nitrogens with one attached hydrogen (secondary N) is 1. The zero-order valence-electron chi connectivity index (χ0n) is 15.1. The van der Waals surface area contributed by atoms with Gasteiger partial charge >= 0.3 is 6.01 Å². The standard InChI is InChI=1S/C17H23N7O2/c1-3-18-14-11-13(2)21-16(22-14)24-9-7-23(8-10-24)15(25)12-26-17-19-5-4-6-20-17/h4-6,11H,3,7-10,12H2,1-2H3,(H,18,21,22). The van der Waals surface area contributed by atoms with Crippen LogP contribution in [0.5, 0.6) is 6.01 Å². The molecule has 0 atom stereocenters. The highest BCUT2D eigenvalue weighted by Crippen LogP contribution is 2.15. The van der Waals surface area contributed by atoms with Crippen LogP contribution in [0.3, 0.4) is 0 Å². The first kappa shape index (κ1) is 17.8. The van der Waals surface area contributed by atoms with Crippen molar-refractivity contribution >= 4 is 17.7 Å².